The molecule has 0 radical (unpaired) electrons. The zero-order chi connectivity index (χ0) is 13.1. The van der Waals surface area contributed by atoms with Crippen LogP contribution in [0.3, 0.4) is 0 Å². The fraction of sp³-hybridized carbons (Fsp3) is 0.357. The van der Waals surface area contributed by atoms with Crippen LogP contribution < -0.4 is 10.5 Å². The first-order chi connectivity index (χ1) is 9.33. The first-order valence-corrected chi connectivity index (χ1v) is 6.60. The molecule has 1 aliphatic rings. The molecule has 1 aliphatic heterocycles. The molecule has 0 atom stereocenters. The lowest BCUT2D eigenvalue weighted by atomic mass is 10.1. The Morgan fingerprint density at radius 2 is 1.84 bits per heavy atom. The number of piperidine rings is 1. The average Bonchev–Trinajstić information content (AvgIpc) is 2.48. The summed E-state index contributed by atoms with van der Waals surface area (Å²) in [6.45, 7) is 1.92. The number of H-pyrrole nitrogens is 1. The topological polar surface area (TPSA) is 61.9 Å². The van der Waals surface area contributed by atoms with Crippen molar-refractivity contribution in [2.45, 2.75) is 19.3 Å². The van der Waals surface area contributed by atoms with Gasteiger partial charge in [-0.2, -0.15) is 0 Å². The summed E-state index contributed by atoms with van der Waals surface area (Å²) in [6, 6.07) is 5.26. The molecule has 5 nitrogen and oxygen atoms in total. The predicted octanol–water partition coefficient (Wildman–Crippen LogP) is 1.82. The third-order valence-electron chi connectivity index (χ3n) is 3.36. The Balaban J connectivity index is 1.98. The second kappa shape index (κ2) is 5.22. The molecular weight excluding hydrogens is 240 g/mol. The highest BCUT2D eigenvalue weighted by atomic mass is 16.1. The molecule has 1 saturated heterocycles. The first-order valence-electron chi connectivity index (χ1n) is 6.60. The average molecular weight is 256 g/mol. The standard InChI is InChI=1S/C14H16N4O/c19-13-10-12(11-4-6-15-7-5-11)16-14(17-13)18-8-2-1-3-9-18/h4-7,10H,1-3,8-9H2,(H,16,17,19). The van der Waals surface area contributed by atoms with Gasteiger partial charge >= 0.3 is 0 Å². The van der Waals surface area contributed by atoms with Crippen molar-refractivity contribution in [3.8, 4) is 11.3 Å². The monoisotopic (exact) mass is 256 g/mol. The van der Waals surface area contributed by atoms with Crippen molar-refractivity contribution in [1.29, 1.82) is 0 Å². The van der Waals surface area contributed by atoms with Crippen LogP contribution in [-0.4, -0.2) is 28.0 Å². The number of pyridine rings is 1. The van der Waals surface area contributed by atoms with E-state index in [0.717, 1.165) is 31.5 Å². The van der Waals surface area contributed by atoms with Crippen molar-refractivity contribution in [3.05, 3.63) is 40.9 Å². The summed E-state index contributed by atoms with van der Waals surface area (Å²) in [5.74, 6) is 0.680. The highest BCUT2D eigenvalue weighted by molar-refractivity contribution is 5.59. The van der Waals surface area contributed by atoms with Crippen LogP contribution >= 0.6 is 0 Å². The third-order valence-corrected chi connectivity index (χ3v) is 3.36. The summed E-state index contributed by atoms with van der Waals surface area (Å²) in [7, 11) is 0. The lowest BCUT2D eigenvalue weighted by Crippen LogP contribution is -2.32. The molecule has 19 heavy (non-hydrogen) atoms. The maximum atomic E-state index is 11.8. The normalized spacial score (nSPS) is 15.5. The van der Waals surface area contributed by atoms with Crippen LogP contribution in [0.1, 0.15) is 19.3 Å². The number of nitrogens with one attached hydrogen (secondary N) is 1. The Bertz CT molecular complexity index is 602. The molecule has 3 rings (SSSR count). The van der Waals surface area contributed by atoms with E-state index in [1.807, 2.05) is 12.1 Å². The lowest BCUT2D eigenvalue weighted by molar-refractivity contribution is 0.568. The Kier molecular flexibility index (Phi) is 3.27. The number of anilines is 1. The fourth-order valence-corrected chi connectivity index (χ4v) is 2.37. The number of aromatic amines is 1. The number of hydrogen-bond acceptors (Lipinski definition) is 4. The summed E-state index contributed by atoms with van der Waals surface area (Å²) in [4.78, 5) is 25.3. The van der Waals surface area contributed by atoms with Gasteiger partial charge in [-0.05, 0) is 31.4 Å². The van der Waals surface area contributed by atoms with Crippen LogP contribution in [0.15, 0.2) is 35.4 Å². The summed E-state index contributed by atoms with van der Waals surface area (Å²) in [5.41, 5.74) is 1.51. The van der Waals surface area contributed by atoms with Crippen LogP contribution in [0.4, 0.5) is 5.95 Å². The minimum Gasteiger partial charge on any atom is -0.342 e. The van der Waals surface area contributed by atoms with Gasteiger partial charge in [-0.15, -0.1) is 0 Å². The molecule has 0 aromatic carbocycles. The van der Waals surface area contributed by atoms with Crippen molar-refractivity contribution in [2.24, 2.45) is 0 Å². The summed E-state index contributed by atoms with van der Waals surface area (Å²) in [5, 5.41) is 0. The van der Waals surface area contributed by atoms with Gasteiger partial charge in [-0.25, -0.2) is 4.98 Å². The molecule has 0 saturated carbocycles. The zero-order valence-corrected chi connectivity index (χ0v) is 10.7. The molecule has 0 bridgehead atoms. The molecule has 0 amide bonds. The van der Waals surface area contributed by atoms with E-state index in [1.165, 1.54) is 12.5 Å². The van der Waals surface area contributed by atoms with Gasteiger partial charge < -0.3 is 4.90 Å². The van der Waals surface area contributed by atoms with E-state index in [1.54, 1.807) is 12.4 Å². The van der Waals surface area contributed by atoms with Gasteiger partial charge in [-0.1, -0.05) is 0 Å². The SMILES string of the molecule is O=c1cc(-c2ccncc2)nc(N2CCCCC2)[nH]1. The van der Waals surface area contributed by atoms with Gasteiger partial charge in [0.1, 0.15) is 0 Å². The first kappa shape index (κ1) is 11.9. The number of hydrogen-bond donors (Lipinski definition) is 1. The van der Waals surface area contributed by atoms with Gasteiger partial charge in [0.05, 0.1) is 5.69 Å². The Labute approximate surface area is 111 Å². The Morgan fingerprint density at radius 1 is 1.11 bits per heavy atom. The van der Waals surface area contributed by atoms with E-state index in [0.29, 0.717) is 11.6 Å². The molecule has 0 spiro atoms. The molecule has 2 aromatic rings. The van der Waals surface area contributed by atoms with Gasteiger partial charge in [0.15, 0.2) is 0 Å². The summed E-state index contributed by atoms with van der Waals surface area (Å²) in [6.07, 6.45) is 6.98. The smallest absolute Gasteiger partial charge is 0.252 e. The van der Waals surface area contributed by atoms with Crippen LogP contribution in [0, 0.1) is 0 Å². The van der Waals surface area contributed by atoms with E-state index in [-0.39, 0.29) is 5.56 Å². The minimum atomic E-state index is -0.109. The molecular formula is C14H16N4O. The third kappa shape index (κ3) is 2.65. The van der Waals surface area contributed by atoms with Crippen molar-refractivity contribution >= 4 is 5.95 Å². The van der Waals surface area contributed by atoms with Crippen molar-refractivity contribution in [2.75, 3.05) is 18.0 Å². The molecule has 3 heterocycles. The fourth-order valence-electron chi connectivity index (χ4n) is 2.37. The van der Waals surface area contributed by atoms with Crippen LogP contribution in [0.5, 0.6) is 0 Å². The predicted molar refractivity (Wildman–Crippen MR) is 74.2 cm³/mol. The second-order valence-electron chi connectivity index (χ2n) is 4.74. The summed E-state index contributed by atoms with van der Waals surface area (Å²) < 4.78 is 0. The highest BCUT2D eigenvalue weighted by Gasteiger charge is 2.14. The minimum absolute atomic E-state index is 0.109. The summed E-state index contributed by atoms with van der Waals surface area (Å²) >= 11 is 0. The lowest BCUT2D eigenvalue weighted by Gasteiger charge is -2.27. The van der Waals surface area contributed by atoms with E-state index < -0.39 is 0 Å². The molecule has 98 valence electrons. The quantitative estimate of drug-likeness (QED) is 0.890. The van der Waals surface area contributed by atoms with Gasteiger partial charge in [0, 0.05) is 37.1 Å². The van der Waals surface area contributed by atoms with E-state index in [2.05, 4.69) is 19.9 Å². The highest BCUT2D eigenvalue weighted by Crippen LogP contribution is 2.19. The maximum Gasteiger partial charge on any atom is 0.252 e. The number of nitrogens with zero attached hydrogens (tertiary/aromatic N) is 3. The van der Waals surface area contributed by atoms with Crippen molar-refractivity contribution in [1.82, 2.24) is 15.0 Å². The van der Waals surface area contributed by atoms with Crippen molar-refractivity contribution < 1.29 is 0 Å². The number of rotatable bonds is 2. The zero-order valence-electron chi connectivity index (χ0n) is 10.7. The second-order valence-corrected chi connectivity index (χ2v) is 4.74. The Hall–Kier alpha value is -2.17. The molecule has 5 heteroatoms. The van der Waals surface area contributed by atoms with Crippen LogP contribution in [-0.2, 0) is 0 Å². The van der Waals surface area contributed by atoms with Gasteiger partial charge in [-0.3, -0.25) is 14.8 Å². The van der Waals surface area contributed by atoms with Gasteiger partial charge in [0.25, 0.3) is 5.56 Å². The molecule has 1 fully saturated rings. The van der Waals surface area contributed by atoms with Crippen molar-refractivity contribution in [3.63, 3.8) is 0 Å². The van der Waals surface area contributed by atoms with Crippen LogP contribution in [0.2, 0.25) is 0 Å². The van der Waals surface area contributed by atoms with E-state index >= 15 is 0 Å². The van der Waals surface area contributed by atoms with Gasteiger partial charge in [0.2, 0.25) is 5.95 Å². The molecule has 0 aliphatic carbocycles. The van der Waals surface area contributed by atoms with Crippen LogP contribution in [0.25, 0.3) is 11.3 Å². The maximum absolute atomic E-state index is 11.8. The van der Waals surface area contributed by atoms with E-state index in [9.17, 15) is 4.79 Å². The molecule has 2 aromatic heterocycles. The number of aromatic nitrogens is 3. The molecule has 1 N–H and O–H groups in total. The van der Waals surface area contributed by atoms with E-state index in [4.69, 9.17) is 0 Å². The largest absolute Gasteiger partial charge is 0.342 e. The Morgan fingerprint density at radius 3 is 2.58 bits per heavy atom. The molecule has 0 unspecified atom stereocenters.